The number of carbonyl (C=O) groups is 1. The number of anilines is 1. The van der Waals surface area contributed by atoms with Gasteiger partial charge in [0.05, 0.1) is 11.5 Å². The summed E-state index contributed by atoms with van der Waals surface area (Å²) in [5, 5.41) is 2.42. The standard InChI is InChI=1S/C40H35NO/c1-27-19-21-30(22-20-27)34-25-32(28-13-7-5-8-14-28)26-40(36(34)38(42)31-16-9-6-10-17-31)39(2,3)35-24-23-29-15-11-12-18-33(29)37(35)41(40)4/h5-26,36H,1-4H3/t36-,40-/m1/s1. The Labute approximate surface area is 248 Å². The third-order valence-corrected chi connectivity index (χ3v) is 9.72. The number of hydrogen-bond acceptors (Lipinski definition) is 2. The van der Waals surface area contributed by atoms with Gasteiger partial charge in [-0.25, -0.2) is 0 Å². The zero-order chi connectivity index (χ0) is 29.1. The Morgan fingerprint density at radius 3 is 2.07 bits per heavy atom. The maximum absolute atomic E-state index is 15.0. The van der Waals surface area contributed by atoms with Crippen LogP contribution in [-0.4, -0.2) is 18.4 Å². The van der Waals surface area contributed by atoms with Crippen molar-refractivity contribution < 1.29 is 4.79 Å². The highest BCUT2D eigenvalue weighted by Crippen LogP contribution is 2.61. The number of Topliss-reactive ketones (excluding diaryl/α,β-unsaturated/α-hetero) is 1. The van der Waals surface area contributed by atoms with Crippen molar-refractivity contribution in [2.45, 2.75) is 31.7 Å². The van der Waals surface area contributed by atoms with Crippen LogP contribution in [0.5, 0.6) is 0 Å². The summed E-state index contributed by atoms with van der Waals surface area (Å²) < 4.78 is 0. The van der Waals surface area contributed by atoms with Gasteiger partial charge in [-0.3, -0.25) is 4.79 Å². The molecule has 1 aliphatic heterocycles. The third kappa shape index (κ3) is 3.75. The topological polar surface area (TPSA) is 20.3 Å². The lowest BCUT2D eigenvalue weighted by atomic mass is 9.57. The van der Waals surface area contributed by atoms with Crippen LogP contribution in [0, 0.1) is 12.8 Å². The molecule has 2 heteroatoms. The predicted molar refractivity (Wildman–Crippen MR) is 176 cm³/mol. The van der Waals surface area contributed by atoms with Crippen LogP contribution in [0.2, 0.25) is 0 Å². The SMILES string of the molecule is Cc1ccc(C2=CC(c3ccccc3)=C[C@]3([C@H]2C(=O)c2ccccc2)N(C)c2c(ccc4ccccc24)C3(C)C)cc1. The van der Waals surface area contributed by atoms with Crippen LogP contribution in [-0.2, 0) is 5.41 Å². The van der Waals surface area contributed by atoms with Gasteiger partial charge in [0.25, 0.3) is 0 Å². The van der Waals surface area contributed by atoms with Crippen molar-refractivity contribution in [3.63, 3.8) is 0 Å². The summed E-state index contributed by atoms with van der Waals surface area (Å²) in [7, 11) is 2.20. The van der Waals surface area contributed by atoms with Crippen molar-refractivity contribution >= 4 is 33.4 Å². The first-order valence-electron chi connectivity index (χ1n) is 14.8. The Morgan fingerprint density at radius 2 is 1.36 bits per heavy atom. The van der Waals surface area contributed by atoms with E-state index in [2.05, 4.69) is 136 Å². The number of rotatable bonds is 4. The predicted octanol–water partition coefficient (Wildman–Crippen LogP) is 9.29. The molecule has 0 amide bonds. The number of hydrogen-bond donors (Lipinski definition) is 0. The van der Waals surface area contributed by atoms with Gasteiger partial charge in [0.1, 0.15) is 0 Å². The van der Waals surface area contributed by atoms with Gasteiger partial charge < -0.3 is 4.90 Å². The maximum Gasteiger partial charge on any atom is 0.173 e. The molecule has 0 N–H and O–H groups in total. The van der Waals surface area contributed by atoms with Crippen LogP contribution in [0.3, 0.4) is 0 Å². The summed E-state index contributed by atoms with van der Waals surface area (Å²) in [6, 6.07) is 42.2. The van der Waals surface area contributed by atoms with Gasteiger partial charge in [-0.1, -0.05) is 141 Å². The van der Waals surface area contributed by atoms with E-state index in [4.69, 9.17) is 0 Å². The lowest BCUT2D eigenvalue weighted by molar-refractivity contribution is 0.0885. The molecule has 7 rings (SSSR count). The highest BCUT2D eigenvalue weighted by molar-refractivity contribution is 6.11. The van der Waals surface area contributed by atoms with Gasteiger partial charge in [-0.05, 0) is 52.3 Å². The largest absolute Gasteiger partial charge is 0.363 e. The number of aryl methyl sites for hydroxylation is 1. The van der Waals surface area contributed by atoms with Crippen molar-refractivity contribution in [3.8, 4) is 0 Å². The van der Waals surface area contributed by atoms with Gasteiger partial charge in [0, 0.05) is 29.1 Å². The maximum atomic E-state index is 15.0. The molecule has 0 fully saturated rings. The fourth-order valence-corrected chi connectivity index (χ4v) is 7.53. The van der Waals surface area contributed by atoms with Crippen molar-refractivity contribution in [2.24, 2.45) is 5.92 Å². The zero-order valence-corrected chi connectivity index (χ0v) is 24.6. The number of ketones is 1. The highest BCUT2D eigenvalue weighted by atomic mass is 16.1. The number of allylic oxidation sites excluding steroid dienone is 2. The quantitative estimate of drug-likeness (QED) is 0.210. The Bertz CT molecular complexity index is 1880. The second-order valence-corrected chi connectivity index (χ2v) is 12.3. The van der Waals surface area contributed by atoms with E-state index in [1.165, 1.54) is 27.6 Å². The fraction of sp³-hybridized carbons (Fsp3) is 0.175. The molecular weight excluding hydrogens is 510 g/mol. The Morgan fingerprint density at radius 1 is 0.714 bits per heavy atom. The normalized spacial score (nSPS) is 20.8. The molecule has 206 valence electrons. The molecule has 5 aromatic rings. The highest BCUT2D eigenvalue weighted by Gasteiger charge is 2.62. The van der Waals surface area contributed by atoms with E-state index < -0.39 is 16.9 Å². The summed E-state index contributed by atoms with van der Waals surface area (Å²) >= 11 is 0. The van der Waals surface area contributed by atoms with E-state index in [-0.39, 0.29) is 5.78 Å². The molecule has 1 heterocycles. The van der Waals surface area contributed by atoms with Crippen LogP contribution in [0.25, 0.3) is 21.9 Å². The van der Waals surface area contributed by atoms with E-state index in [0.717, 1.165) is 27.8 Å². The van der Waals surface area contributed by atoms with E-state index >= 15 is 4.79 Å². The van der Waals surface area contributed by atoms with E-state index in [9.17, 15) is 0 Å². The summed E-state index contributed by atoms with van der Waals surface area (Å²) in [4.78, 5) is 17.4. The second kappa shape index (κ2) is 9.70. The van der Waals surface area contributed by atoms with Crippen LogP contribution in [0.1, 0.15) is 46.5 Å². The van der Waals surface area contributed by atoms with Gasteiger partial charge in [0.15, 0.2) is 5.78 Å². The lowest BCUT2D eigenvalue weighted by Crippen LogP contribution is -2.61. The number of fused-ring (bicyclic) bond motifs is 3. The fourth-order valence-electron chi connectivity index (χ4n) is 7.53. The van der Waals surface area contributed by atoms with Crippen LogP contribution >= 0.6 is 0 Å². The van der Waals surface area contributed by atoms with Gasteiger partial charge in [0.2, 0.25) is 0 Å². The first kappa shape index (κ1) is 26.2. The van der Waals surface area contributed by atoms with Gasteiger partial charge in [-0.2, -0.15) is 0 Å². The van der Waals surface area contributed by atoms with Crippen molar-refractivity contribution in [1.29, 1.82) is 0 Å². The monoisotopic (exact) mass is 545 g/mol. The average Bonchev–Trinajstić information content (AvgIpc) is 3.19. The molecule has 2 nitrogen and oxygen atoms in total. The molecule has 0 radical (unpaired) electrons. The van der Waals surface area contributed by atoms with Crippen LogP contribution < -0.4 is 4.90 Å². The van der Waals surface area contributed by atoms with E-state index in [0.29, 0.717) is 0 Å². The molecule has 0 saturated carbocycles. The molecule has 1 aliphatic carbocycles. The zero-order valence-electron chi connectivity index (χ0n) is 24.6. The smallest absolute Gasteiger partial charge is 0.173 e. The number of benzene rings is 5. The van der Waals surface area contributed by atoms with Gasteiger partial charge in [-0.15, -0.1) is 0 Å². The Hall–Kier alpha value is -4.69. The van der Waals surface area contributed by atoms with E-state index in [1.807, 2.05) is 30.3 Å². The second-order valence-electron chi connectivity index (χ2n) is 12.3. The minimum atomic E-state index is -0.674. The molecule has 2 aliphatic rings. The first-order valence-corrected chi connectivity index (χ1v) is 14.8. The summed E-state index contributed by atoms with van der Waals surface area (Å²) in [6.07, 6.45) is 4.67. The minimum absolute atomic E-state index is 0.142. The lowest BCUT2D eigenvalue weighted by Gasteiger charge is -2.52. The van der Waals surface area contributed by atoms with E-state index in [1.54, 1.807) is 0 Å². The molecule has 2 atom stereocenters. The molecule has 1 spiro atoms. The van der Waals surface area contributed by atoms with Gasteiger partial charge >= 0.3 is 0 Å². The average molecular weight is 546 g/mol. The van der Waals surface area contributed by atoms with Crippen molar-refractivity contribution in [1.82, 2.24) is 0 Å². The van der Waals surface area contributed by atoms with Crippen LogP contribution in [0.15, 0.2) is 133 Å². The summed E-state index contributed by atoms with van der Waals surface area (Å²) in [5.74, 6) is -0.302. The molecule has 0 unspecified atom stereocenters. The summed E-state index contributed by atoms with van der Waals surface area (Å²) in [6.45, 7) is 6.76. The molecule has 0 aromatic heterocycles. The minimum Gasteiger partial charge on any atom is -0.363 e. The summed E-state index contributed by atoms with van der Waals surface area (Å²) in [5.41, 5.74) is 7.77. The van der Waals surface area contributed by atoms with Crippen molar-refractivity contribution in [3.05, 3.63) is 161 Å². The Balaban J connectivity index is 1.57. The van der Waals surface area contributed by atoms with Crippen LogP contribution in [0.4, 0.5) is 5.69 Å². The van der Waals surface area contributed by atoms with Crippen molar-refractivity contribution in [2.75, 3.05) is 11.9 Å². The molecule has 0 saturated heterocycles. The third-order valence-electron chi connectivity index (χ3n) is 9.72. The Kier molecular flexibility index (Phi) is 6.06. The molecule has 42 heavy (non-hydrogen) atoms. The number of nitrogens with zero attached hydrogens (tertiary/aromatic N) is 1. The molecular formula is C40H35NO. The number of carbonyl (C=O) groups excluding carboxylic acids is 1. The number of likely N-dealkylation sites (N-methyl/N-ethyl adjacent to an activating group) is 1. The first-order chi connectivity index (χ1) is 20.3. The molecule has 0 bridgehead atoms. The molecule has 5 aromatic carbocycles.